The number of aromatic nitrogens is 2. The van der Waals surface area contributed by atoms with Gasteiger partial charge < -0.3 is 18.8 Å². The maximum absolute atomic E-state index is 5.51. The number of furan rings is 1. The molecule has 0 saturated carbocycles. The molecule has 3 aromatic rings. The summed E-state index contributed by atoms with van der Waals surface area (Å²) in [5, 5.41) is 3.33. The van der Waals surface area contributed by atoms with Gasteiger partial charge in [-0.3, -0.25) is 0 Å². The molecule has 3 aromatic heterocycles. The van der Waals surface area contributed by atoms with Gasteiger partial charge in [0.25, 0.3) is 0 Å². The van der Waals surface area contributed by atoms with E-state index in [9.17, 15) is 0 Å². The number of hydrogen-bond acceptors (Lipinski definition) is 5. The number of piperazine rings is 1. The van der Waals surface area contributed by atoms with Crippen molar-refractivity contribution in [2.24, 2.45) is 0 Å². The van der Waals surface area contributed by atoms with Gasteiger partial charge in [-0.15, -0.1) is 11.3 Å². The lowest BCUT2D eigenvalue weighted by Gasteiger charge is -2.32. The average molecular weight is 356 g/mol. The Hall–Kier alpha value is -2.05. The molecule has 1 aliphatic heterocycles. The number of likely N-dealkylation sites (N-methyl/N-ethyl adjacent to an activating group) is 1. The molecule has 4 rings (SSSR count). The Labute approximate surface area is 152 Å². The third-order valence-corrected chi connectivity index (χ3v) is 5.91. The van der Waals surface area contributed by atoms with Crippen LogP contribution in [0.4, 0.5) is 5.13 Å². The standard InChI is InChI=1S/C19H24N4OS/c1-14-11-17(15(2)23(14)12-16-5-4-10-24-16)18-13-25-19(20-18)22-8-6-21(3)7-9-22/h4-5,10-11,13H,6-9,12H2,1-3H3. The number of thiazole rings is 1. The highest BCUT2D eigenvalue weighted by atomic mass is 32.1. The first-order valence-corrected chi connectivity index (χ1v) is 9.58. The van der Waals surface area contributed by atoms with E-state index in [1.54, 1.807) is 17.6 Å². The molecule has 0 aromatic carbocycles. The summed E-state index contributed by atoms with van der Waals surface area (Å²) in [6.45, 7) is 9.40. The summed E-state index contributed by atoms with van der Waals surface area (Å²) in [5.41, 5.74) is 4.78. The molecule has 25 heavy (non-hydrogen) atoms. The van der Waals surface area contributed by atoms with Crippen LogP contribution < -0.4 is 4.90 Å². The number of anilines is 1. The Morgan fingerprint density at radius 1 is 1.20 bits per heavy atom. The highest BCUT2D eigenvalue weighted by molar-refractivity contribution is 7.14. The first-order valence-electron chi connectivity index (χ1n) is 8.70. The third kappa shape index (κ3) is 3.24. The molecule has 0 unspecified atom stereocenters. The molecule has 4 heterocycles. The molecule has 0 atom stereocenters. The molecular weight excluding hydrogens is 332 g/mol. The van der Waals surface area contributed by atoms with Gasteiger partial charge in [-0.2, -0.15) is 0 Å². The van der Waals surface area contributed by atoms with E-state index < -0.39 is 0 Å². The summed E-state index contributed by atoms with van der Waals surface area (Å²) < 4.78 is 7.80. The molecule has 0 aliphatic carbocycles. The Bertz CT molecular complexity index is 841. The molecule has 0 amide bonds. The molecule has 0 radical (unpaired) electrons. The van der Waals surface area contributed by atoms with Gasteiger partial charge in [0, 0.05) is 48.5 Å². The lowest BCUT2D eigenvalue weighted by molar-refractivity contribution is 0.313. The highest BCUT2D eigenvalue weighted by Gasteiger charge is 2.19. The predicted molar refractivity (Wildman–Crippen MR) is 103 cm³/mol. The zero-order valence-electron chi connectivity index (χ0n) is 15.0. The van der Waals surface area contributed by atoms with E-state index in [1.165, 1.54) is 17.0 Å². The average Bonchev–Trinajstić information content (AvgIpc) is 3.33. The molecule has 1 aliphatic rings. The van der Waals surface area contributed by atoms with E-state index in [4.69, 9.17) is 9.40 Å². The Balaban J connectivity index is 1.58. The van der Waals surface area contributed by atoms with Crippen LogP contribution in [-0.4, -0.2) is 47.7 Å². The van der Waals surface area contributed by atoms with Gasteiger partial charge in [-0.25, -0.2) is 4.98 Å². The van der Waals surface area contributed by atoms with Crippen molar-refractivity contribution in [2.75, 3.05) is 38.1 Å². The van der Waals surface area contributed by atoms with Crippen LogP contribution in [0.1, 0.15) is 17.1 Å². The number of hydrogen-bond donors (Lipinski definition) is 0. The van der Waals surface area contributed by atoms with Crippen LogP contribution in [0.2, 0.25) is 0 Å². The summed E-state index contributed by atoms with van der Waals surface area (Å²) in [6.07, 6.45) is 1.73. The van der Waals surface area contributed by atoms with E-state index in [0.29, 0.717) is 0 Å². The van der Waals surface area contributed by atoms with E-state index in [-0.39, 0.29) is 0 Å². The largest absolute Gasteiger partial charge is 0.467 e. The van der Waals surface area contributed by atoms with Crippen molar-refractivity contribution in [1.29, 1.82) is 0 Å². The summed E-state index contributed by atoms with van der Waals surface area (Å²) in [4.78, 5) is 9.70. The van der Waals surface area contributed by atoms with Crippen molar-refractivity contribution in [1.82, 2.24) is 14.5 Å². The first kappa shape index (κ1) is 16.4. The second kappa shape index (κ2) is 6.69. The maximum atomic E-state index is 5.51. The zero-order valence-corrected chi connectivity index (χ0v) is 15.8. The van der Waals surface area contributed by atoms with Gasteiger partial charge in [0.05, 0.1) is 18.5 Å². The van der Waals surface area contributed by atoms with Crippen molar-refractivity contribution in [3.8, 4) is 11.3 Å². The second-order valence-corrected chi connectivity index (χ2v) is 7.59. The fourth-order valence-electron chi connectivity index (χ4n) is 3.39. The molecule has 132 valence electrons. The van der Waals surface area contributed by atoms with Crippen molar-refractivity contribution in [2.45, 2.75) is 20.4 Å². The van der Waals surface area contributed by atoms with Crippen molar-refractivity contribution < 1.29 is 4.42 Å². The highest BCUT2D eigenvalue weighted by Crippen LogP contribution is 2.32. The molecule has 6 heteroatoms. The number of aryl methyl sites for hydroxylation is 1. The molecule has 1 saturated heterocycles. The minimum Gasteiger partial charge on any atom is -0.467 e. The van der Waals surface area contributed by atoms with Crippen molar-refractivity contribution >= 4 is 16.5 Å². The molecule has 0 spiro atoms. The molecule has 5 nitrogen and oxygen atoms in total. The molecule has 0 N–H and O–H groups in total. The van der Waals surface area contributed by atoms with Gasteiger partial charge in [-0.1, -0.05) is 0 Å². The van der Waals surface area contributed by atoms with Gasteiger partial charge in [0.2, 0.25) is 0 Å². The van der Waals surface area contributed by atoms with Crippen molar-refractivity contribution in [3.63, 3.8) is 0 Å². The SMILES string of the molecule is Cc1cc(-c2csc(N3CCN(C)CC3)n2)c(C)n1Cc1ccco1. The Morgan fingerprint density at radius 2 is 2.00 bits per heavy atom. The van der Waals surface area contributed by atoms with E-state index in [1.807, 2.05) is 12.1 Å². The van der Waals surface area contributed by atoms with Crippen LogP contribution in [0.15, 0.2) is 34.3 Å². The maximum Gasteiger partial charge on any atom is 0.185 e. The van der Waals surface area contributed by atoms with Crippen LogP contribution in [-0.2, 0) is 6.54 Å². The quantitative estimate of drug-likeness (QED) is 0.715. The smallest absolute Gasteiger partial charge is 0.185 e. The number of nitrogens with zero attached hydrogens (tertiary/aromatic N) is 4. The fourth-order valence-corrected chi connectivity index (χ4v) is 4.27. The van der Waals surface area contributed by atoms with Crippen LogP contribution in [0.25, 0.3) is 11.3 Å². The fraction of sp³-hybridized carbons (Fsp3) is 0.421. The summed E-state index contributed by atoms with van der Waals surface area (Å²) >= 11 is 1.75. The Kier molecular flexibility index (Phi) is 4.39. The number of rotatable bonds is 4. The topological polar surface area (TPSA) is 37.4 Å². The second-order valence-electron chi connectivity index (χ2n) is 6.76. The van der Waals surface area contributed by atoms with E-state index in [0.717, 1.165) is 49.3 Å². The normalized spacial score (nSPS) is 15.9. The Morgan fingerprint density at radius 3 is 2.72 bits per heavy atom. The van der Waals surface area contributed by atoms with Crippen molar-refractivity contribution in [3.05, 3.63) is 47.0 Å². The van der Waals surface area contributed by atoms with Crippen LogP contribution >= 0.6 is 11.3 Å². The van der Waals surface area contributed by atoms with Crippen LogP contribution in [0, 0.1) is 13.8 Å². The van der Waals surface area contributed by atoms with Crippen LogP contribution in [0.5, 0.6) is 0 Å². The molecule has 1 fully saturated rings. The monoisotopic (exact) mass is 356 g/mol. The third-order valence-electron chi connectivity index (χ3n) is 5.01. The molecule has 0 bridgehead atoms. The zero-order chi connectivity index (χ0) is 17.4. The van der Waals surface area contributed by atoms with Crippen LogP contribution in [0.3, 0.4) is 0 Å². The van der Waals surface area contributed by atoms with Gasteiger partial charge in [-0.05, 0) is 39.1 Å². The minimum atomic E-state index is 0.764. The summed E-state index contributed by atoms with van der Waals surface area (Å²) in [7, 11) is 2.18. The van der Waals surface area contributed by atoms with E-state index >= 15 is 0 Å². The lowest BCUT2D eigenvalue weighted by Crippen LogP contribution is -2.44. The summed E-state index contributed by atoms with van der Waals surface area (Å²) in [6, 6.07) is 6.20. The predicted octanol–water partition coefficient (Wildman–Crippen LogP) is 3.62. The summed E-state index contributed by atoms with van der Waals surface area (Å²) in [5.74, 6) is 0.977. The van der Waals surface area contributed by atoms with Gasteiger partial charge >= 0.3 is 0 Å². The van der Waals surface area contributed by atoms with Gasteiger partial charge in [0.1, 0.15) is 5.76 Å². The minimum absolute atomic E-state index is 0.764. The lowest BCUT2D eigenvalue weighted by atomic mass is 10.2. The van der Waals surface area contributed by atoms with Gasteiger partial charge in [0.15, 0.2) is 5.13 Å². The van der Waals surface area contributed by atoms with E-state index in [2.05, 4.69) is 46.7 Å². The first-order chi connectivity index (χ1) is 12.1. The molecular formula is C19H24N4OS.